The third-order valence-corrected chi connectivity index (χ3v) is 0. The summed E-state index contributed by atoms with van der Waals surface area (Å²) in [5.74, 6) is 0. The molecule has 0 atom stereocenters. The van der Waals surface area contributed by atoms with Gasteiger partial charge in [-0.1, -0.05) is 0 Å². The molecule has 0 amide bonds. The molecule has 11 heavy (non-hydrogen) atoms. The van der Waals surface area contributed by atoms with Gasteiger partial charge in [0.05, 0.1) is 10.1 Å². The first-order valence-electron chi connectivity index (χ1n) is 1.69. The Morgan fingerprint density at radius 1 is 1.27 bits per heavy atom. The molecule has 0 aliphatic heterocycles. The SMILES string of the molecule is CS(=O)(=O)[O-].O=P(O)(O)O.[Li+]. The first kappa shape index (κ1) is 17.6. The van der Waals surface area contributed by atoms with E-state index < -0.39 is 17.9 Å². The summed E-state index contributed by atoms with van der Waals surface area (Å²) < 4.78 is 36.1. The first-order chi connectivity index (χ1) is 4.00. The second-order valence-corrected chi connectivity index (χ2v) is 3.65. The van der Waals surface area contributed by atoms with Gasteiger partial charge in [-0.15, -0.1) is 0 Å². The Hall–Kier alpha value is 0.617. The van der Waals surface area contributed by atoms with Crippen molar-refractivity contribution in [1.29, 1.82) is 0 Å². The maximum atomic E-state index is 9.08. The fourth-order valence-electron chi connectivity index (χ4n) is 0. The molecule has 3 N–H and O–H groups in total. The second kappa shape index (κ2) is 6.17. The minimum atomic E-state index is -4.64. The van der Waals surface area contributed by atoms with E-state index in [2.05, 4.69) is 0 Å². The minimum Gasteiger partial charge on any atom is -0.748 e. The van der Waals surface area contributed by atoms with Crippen LogP contribution >= 0.6 is 7.82 Å². The van der Waals surface area contributed by atoms with E-state index in [1.807, 2.05) is 0 Å². The average molecular weight is 200 g/mol. The second-order valence-electron chi connectivity index (χ2n) is 1.22. The quantitative estimate of drug-likeness (QED) is 0.203. The van der Waals surface area contributed by atoms with Crippen LogP contribution in [0.4, 0.5) is 0 Å². The molecule has 0 bridgehead atoms. The Bertz CT molecular complexity index is 196. The van der Waals surface area contributed by atoms with Gasteiger partial charge in [0.25, 0.3) is 0 Å². The first-order valence-corrected chi connectivity index (χ1v) is 5.07. The Labute approximate surface area is 75.6 Å². The molecular weight excluding hydrogens is 194 g/mol. The molecule has 0 saturated heterocycles. The normalized spacial score (nSPS) is 10.6. The number of hydrogen-bond acceptors (Lipinski definition) is 4. The van der Waals surface area contributed by atoms with Crippen LogP contribution in [0.3, 0.4) is 0 Å². The smallest absolute Gasteiger partial charge is 0.748 e. The largest absolute Gasteiger partial charge is 1.00 e. The zero-order valence-electron chi connectivity index (χ0n) is 5.83. The van der Waals surface area contributed by atoms with Crippen LogP contribution in [0.1, 0.15) is 0 Å². The van der Waals surface area contributed by atoms with Crippen molar-refractivity contribution < 1.29 is 51.1 Å². The number of phosphoric acid groups is 1. The van der Waals surface area contributed by atoms with Crippen molar-refractivity contribution in [2.24, 2.45) is 0 Å². The van der Waals surface area contributed by atoms with Crippen LogP contribution in [0.5, 0.6) is 0 Å². The fraction of sp³-hybridized carbons (Fsp3) is 1.00. The summed E-state index contributed by atoms with van der Waals surface area (Å²) in [6.45, 7) is 0. The van der Waals surface area contributed by atoms with E-state index in [1.165, 1.54) is 0 Å². The molecule has 64 valence electrons. The van der Waals surface area contributed by atoms with Gasteiger partial charge >= 0.3 is 26.7 Å². The summed E-state index contributed by atoms with van der Waals surface area (Å²) in [5.41, 5.74) is 0. The standard InChI is InChI=1S/CH4O3S.Li.H3O4P/c1-5(2,3)4;;1-5(2,3)4/h1H3,(H,2,3,4);;(H3,1,2,3,4)/q;+1;/p-1. The molecule has 0 unspecified atom stereocenters. The molecule has 0 saturated carbocycles. The zero-order chi connectivity index (χ0) is 9.00. The maximum Gasteiger partial charge on any atom is 1.00 e. The molecule has 7 nitrogen and oxygen atoms in total. The molecule has 0 rings (SSSR count). The molecule has 0 aliphatic rings. The molecule has 0 aromatic carbocycles. The Kier molecular flexibility index (Phi) is 9.89. The average Bonchev–Trinajstić information content (AvgIpc) is 1.12. The van der Waals surface area contributed by atoms with Crippen molar-refractivity contribution in [2.75, 3.05) is 6.26 Å². The molecule has 0 fully saturated rings. The van der Waals surface area contributed by atoms with Crippen molar-refractivity contribution >= 4 is 17.9 Å². The van der Waals surface area contributed by atoms with E-state index in [0.717, 1.165) is 0 Å². The summed E-state index contributed by atoms with van der Waals surface area (Å²) in [6, 6.07) is 0. The van der Waals surface area contributed by atoms with Gasteiger partial charge < -0.3 is 19.2 Å². The third kappa shape index (κ3) is 2070. The van der Waals surface area contributed by atoms with Gasteiger partial charge in [-0.2, -0.15) is 0 Å². The molecule has 0 aliphatic carbocycles. The van der Waals surface area contributed by atoms with Crippen molar-refractivity contribution in [3.8, 4) is 0 Å². The summed E-state index contributed by atoms with van der Waals surface area (Å²) in [6.07, 6.45) is 0.604. The Balaban J connectivity index is -0.000000107. The van der Waals surface area contributed by atoms with E-state index in [0.29, 0.717) is 6.26 Å². The third-order valence-electron chi connectivity index (χ3n) is 0. The van der Waals surface area contributed by atoms with Gasteiger partial charge in [0.15, 0.2) is 0 Å². The number of hydrogen-bond donors (Lipinski definition) is 3. The molecule has 0 heterocycles. The summed E-state index contributed by atoms with van der Waals surface area (Å²) in [7, 11) is -8.56. The predicted molar refractivity (Wildman–Crippen MR) is 29.9 cm³/mol. The molecule has 0 radical (unpaired) electrons. The molecule has 0 aromatic heterocycles. The van der Waals surface area contributed by atoms with Gasteiger partial charge in [0, 0.05) is 6.26 Å². The van der Waals surface area contributed by atoms with Crippen LogP contribution in [-0.2, 0) is 14.7 Å². The zero-order valence-corrected chi connectivity index (χ0v) is 7.54. The molecular formula is CH6LiO7PS. The van der Waals surface area contributed by atoms with Gasteiger partial charge in [0.1, 0.15) is 0 Å². The van der Waals surface area contributed by atoms with Crippen LogP contribution in [-0.4, -0.2) is 33.9 Å². The van der Waals surface area contributed by atoms with Gasteiger partial charge in [-0.25, -0.2) is 13.0 Å². The molecule has 0 aromatic rings. The van der Waals surface area contributed by atoms with Gasteiger partial charge in [-0.05, 0) is 0 Å². The van der Waals surface area contributed by atoms with Crippen LogP contribution < -0.4 is 18.9 Å². The minimum absolute atomic E-state index is 0. The van der Waals surface area contributed by atoms with Crippen LogP contribution in [0, 0.1) is 0 Å². The summed E-state index contributed by atoms with van der Waals surface area (Å²) >= 11 is 0. The summed E-state index contributed by atoms with van der Waals surface area (Å²) in [5, 5.41) is 0. The van der Waals surface area contributed by atoms with Crippen molar-refractivity contribution in [1.82, 2.24) is 0 Å². The van der Waals surface area contributed by atoms with Crippen LogP contribution in [0.25, 0.3) is 0 Å². The fourth-order valence-corrected chi connectivity index (χ4v) is 0. The van der Waals surface area contributed by atoms with E-state index in [-0.39, 0.29) is 18.9 Å². The van der Waals surface area contributed by atoms with E-state index >= 15 is 0 Å². The Morgan fingerprint density at radius 3 is 1.27 bits per heavy atom. The van der Waals surface area contributed by atoms with Gasteiger partial charge in [0.2, 0.25) is 0 Å². The predicted octanol–water partition coefficient (Wildman–Crippen LogP) is -4.76. The van der Waals surface area contributed by atoms with Gasteiger partial charge in [-0.3, -0.25) is 0 Å². The van der Waals surface area contributed by atoms with Crippen molar-refractivity contribution in [2.45, 2.75) is 0 Å². The van der Waals surface area contributed by atoms with E-state index in [9.17, 15) is 0 Å². The van der Waals surface area contributed by atoms with Crippen LogP contribution in [0.15, 0.2) is 0 Å². The van der Waals surface area contributed by atoms with Crippen molar-refractivity contribution in [3.05, 3.63) is 0 Å². The Morgan fingerprint density at radius 2 is 1.27 bits per heavy atom. The van der Waals surface area contributed by atoms with Crippen LogP contribution in [0.2, 0.25) is 0 Å². The van der Waals surface area contributed by atoms with E-state index in [1.54, 1.807) is 0 Å². The topological polar surface area (TPSA) is 135 Å². The molecule has 0 spiro atoms. The maximum absolute atomic E-state index is 9.08. The monoisotopic (exact) mass is 200 g/mol. The molecule has 10 heteroatoms. The summed E-state index contributed by atoms with van der Waals surface area (Å²) in [4.78, 5) is 21.6. The van der Waals surface area contributed by atoms with E-state index in [4.69, 9.17) is 32.2 Å². The van der Waals surface area contributed by atoms with Crippen molar-refractivity contribution in [3.63, 3.8) is 0 Å². The number of rotatable bonds is 0.